The number of benzene rings is 5. The minimum atomic E-state index is -1.38. The lowest BCUT2D eigenvalue weighted by atomic mass is 9.84. The van der Waals surface area contributed by atoms with Gasteiger partial charge < -0.3 is 19.3 Å². The van der Waals surface area contributed by atoms with E-state index in [-0.39, 0.29) is 24.9 Å². The largest absolute Gasteiger partial charge is 0.497 e. The zero-order valence-electron chi connectivity index (χ0n) is 28.7. The number of hydrogen-bond acceptors (Lipinski definition) is 7. The lowest BCUT2D eigenvalue weighted by molar-refractivity contribution is -0.129. The minimum Gasteiger partial charge on any atom is -0.497 e. The normalized spacial score (nSPS) is 16.8. The van der Waals surface area contributed by atoms with E-state index in [1.165, 1.54) is 0 Å². The summed E-state index contributed by atoms with van der Waals surface area (Å²) in [6.45, 7) is 0.921. The van der Waals surface area contributed by atoms with E-state index in [0.29, 0.717) is 42.5 Å². The summed E-state index contributed by atoms with van der Waals surface area (Å²) in [5.74, 6) is 1.33. The molecule has 1 amide bonds. The van der Waals surface area contributed by atoms with Crippen LogP contribution in [0.3, 0.4) is 0 Å². The Morgan fingerprint density at radius 3 is 2.18 bits per heavy atom. The molecule has 0 unspecified atom stereocenters. The van der Waals surface area contributed by atoms with Crippen LogP contribution < -0.4 is 20.3 Å². The highest BCUT2D eigenvalue weighted by atomic mass is 16.5. The first kappa shape index (κ1) is 35.1. The van der Waals surface area contributed by atoms with Gasteiger partial charge in [0.25, 0.3) is 5.91 Å². The third-order valence-corrected chi connectivity index (χ3v) is 8.88. The molecule has 0 aromatic heterocycles. The van der Waals surface area contributed by atoms with E-state index < -0.39 is 11.6 Å². The number of methoxy groups -OCH3 is 1. The first-order chi connectivity index (χ1) is 25.1. The zero-order chi connectivity index (χ0) is 35.3. The fourth-order valence-corrected chi connectivity index (χ4v) is 6.20. The highest BCUT2D eigenvalue weighted by Crippen LogP contribution is 2.43. The highest BCUT2D eigenvalue weighted by molar-refractivity contribution is 6.01. The van der Waals surface area contributed by atoms with Gasteiger partial charge in [-0.1, -0.05) is 115 Å². The molecule has 1 aliphatic rings. The van der Waals surface area contributed by atoms with Gasteiger partial charge in [-0.3, -0.25) is 10.2 Å². The highest BCUT2D eigenvalue weighted by Gasteiger charge is 2.52. The molecule has 51 heavy (non-hydrogen) atoms. The van der Waals surface area contributed by atoms with Gasteiger partial charge in [0.15, 0.2) is 11.6 Å². The number of hydrogen-bond donors (Lipinski definition) is 3. The van der Waals surface area contributed by atoms with Crippen LogP contribution in [0.1, 0.15) is 52.7 Å². The standard InChI is InChI=1S/C43H43N3O5/c1-49-38-22-11-21-36(30-38)40-43(27-12-16-32-14-5-2-6-15-32,45-41(51-40)35-23-25-37(26-24-35)50-29-13-28-47)42(48)46-44-31-39(33-17-7-3-8-18-33)34-19-9-4-10-20-34/h2-12,14-26,30,39-40,44,47H,13,27-29,31H2,1H3,(H,46,48)/b16-12+/t40-,43-/m0/s1. The molecular formula is C43H43N3O5. The van der Waals surface area contributed by atoms with Crippen molar-refractivity contribution in [2.75, 3.05) is 26.9 Å². The smallest absolute Gasteiger partial charge is 0.266 e. The Hall–Kier alpha value is -5.70. The minimum absolute atomic E-state index is 0.00666. The van der Waals surface area contributed by atoms with Crippen molar-refractivity contribution >= 4 is 17.9 Å². The molecule has 3 N–H and O–H groups in total. The van der Waals surface area contributed by atoms with Crippen molar-refractivity contribution in [2.24, 2.45) is 4.99 Å². The predicted octanol–water partition coefficient (Wildman–Crippen LogP) is 7.27. The molecule has 8 heteroatoms. The second-order valence-electron chi connectivity index (χ2n) is 12.3. The van der Waals surface area contributed by atoms with E-state index in [9.17, 15) is 4.79 Å². The number of ether oxygens (including phenoxy) is 3. The molecule has 0 saturated heterocycles. The van der Waals surface area contributed by atoms with Crippen LogP contribution in [0.15, 0.2) is 151 Å². The molecular weight excluding hydrogens is 638 g/mol. The van der Waals surface area contributed by atoms with Gasteiger partial charge in [0, 0.05) is 37.5 Å². The number of hydrazine groups is 1. The van der Waals surface area contributed by atoms with Crippen molar-refractivity contribution in [1.29, 1.82) is 0 Å². The zero-order valence-corrected chi connectivity index (χ0v) is 28.7. The predicted molar refractivity (Wildman–Crippen MR) is 201 cm³/mol. The van der Waals surface area contributed by atoms with E-state index in [4.69, 9.17) is 24.3 Å². The number of aliphatic hydroxyl groups is 1. The Balaban J connectivity index is 1.34. The van der Waals surface area contributed by atoms with Crippen LogP contribution >= 0.6 is 0 Å². The van der Waals surface area contributed by atoms with Gasteiger partial charge in [0.2, 0.25) is 5.90 Å². The van der Waals surface area contributed by atoms with Gasteiger partial charge in [-0.25, -0.2) is 10.4 Å². The monoisotopic (exact) mass is 681 g/mol. The Morgan fingerprint density at radius 1 is 0.863 bits per heavy atom. The summed E-state index contributed by atoms with van der Waals surface area (Å²) in [5, 5.41) is 9.13. The molecule has 5 aromatic carbocycles. The average molecular weight is 682 g/mol. The number of aliphatic imine (C=N–C) groups is 1. The number of rotatable bonds is 16. The van der Waals surface area contributed by atoms with E-state index >= 15 is 0 Å². The average Bonchev–Trinajstić information content (AvgIpc) is 3.59. The lowest BCUT2D eigenvalue weighted by Gasteiger charge is -2.30. The molecule has 0 radical (unpaired) electrons. The van der Waals surface area contributed by atoms with Crippen LogP contribution in [0, 0.1) is 0 Å². The molecule has 6 rings (SSSR count). The molecule has 0 saturated carbocycles. The summed E-state index contributed by atoms with van der Waals surface area (Å²) in [7, 11) is 1.61. The van der Waals surface area contributed by atoms with Gasteiger partial charge in [0.05, 0.1) is 13.7 Å². The number of amides is 1. The van der Waals surface area contributed by atoms with Crippen LogP contribution in [0.25, 0.3) is 6.08 Å². The number of nitrogens with zero attached hydrogens (tertiary/aromatic N) is 1. The summed E-state index contributed by atoms with van der Waals surface area (Å²) >= 11 is 0. The summed E-state index contributed by atoms with van der Waals surface area (Å²) in [4.78, 5) is 19.8. The van der Waals surface area contributed by atoms with Gasteiger partial charge in [-0.05, 0) is 58.7 Å². The van der Waals surface area contributed by atoms with Crippen molar-refractivity contribution in [3.63, 3.8) is 0 Å². The number of carbonyl (C=O) groups excluding carboxylic acids is 1. The van der Waals surface area contributed by atoms with Gasteiger partial charge >= 0.3 is 0 Å². The lowest BCUT2D eigenvalue weighted by Crippen LogP contribution is -2.53. The van der Waals surface area contributed by atoms with Crippen LogP contribution in [-0.2, 0) is 9.53 Å². The van der Waals surface area contributed by atoms with E-state index in [0.717, 1.165) is 22.3 Å². The quantitative estimate of drug-likeness (QED) is 0.0749. The first-order valence-electron chi connectivity index (χ1n) is 17.2. The third-order valence-electron chi connectivity index (χ3n) is 8.88. The topological polar surface area (TPSA) is 101 Å². The molecule has 8 nitrogen and oxygen atoms in total. The maximum Gasteiger partial charge on any atom is 0.266 e. The van der Waals surface area contributed by atoms with Crippen molar-refractivity contribution in [1.82, 2.24) is 10.9 Å². The molecule has 0 spiro atoms. The Bertz CT molecular complexity index is 1860. The SMILES string of the molecule is COc1cccc([C@@H]2OC(c3ccc(OCCCO)cc3)=N[C@]2(C/C=C/c2ccccc2)C(=O)NNCC(c2ccccc2)c2ccccc2)c1. The first-order valence-corrected chi connectivity index (χ1v) is 17.2. The second kappa shape index (κ2) is 17.3. The number of nitrogens with one attached hydrogen (secondary N) is 2. The molecule has 0 fully saturated rings. The summed E-state index contributed by atoms with van der Waals surface area (Å²) in [6.07, 6.45) is 4.00. The van der Waals surface area contributed by atoms with Crippen LogP contribution in [0.4, 0.5) is 0 Å². The van der Waals surface area contributed by atoms with Gasteiger partial charge in [0.1, 0.15) is 11.5 Å². The summed E-state index contributed by atoms with van der Waals surface area (Å²) in [5.41, 5.74) is 9.66. The third kappa shape index (κ3) is 8.73. The Morgan fingerprint density at radius 2 is 1.53 bits per heavy atom. The van der Waals surface area contributed by atoms with E-state index in [2.05, 4.69) is 35.1 Å². The molecule has 1 aliphatic heterocycles. The molecule has 1 heterocycles. The van der Waals surface area contributed by atoms with E-state index in [1.54, 1.807) is 7.11 Å². The van der Waals surface area contributed by atoms with Crippen molar-refractivity contribution in [3.8, 4) is 11.5 Å². The summed E-state index contributed by atoms with van der Waals surface area (Å²) in [6, 6.07) is 45.4. The van der Waals surface area contributed by atoms with Crippen LogP contribution in [-0.4, -0.2) is 49.3 Å². The van der Waals surface area contributed by atoms with E-state index in [1.807, 2.05) is 127 Å². The van der Waals surface area contributed by atoms with Crippen LogP contribution in [0.2, 0.25) is 0 Å². The Labute approximate surface area is 299 Å². The van der Waals surface area contributed by atoms with Crippen LogP contribution in [0.5, 0.6) is 11.5 Å². The molecule has 0 bridgehead atoms. The molecule has 260 valence electrons. The second-order valence-corrected chi connectivity index (χ2v) is 12.3. The van der Waals surface area contributed by atoms with Gasteiger partial charge in [-0.15, -0.1) is 0 Å². The summed E-state index contributed by atoms with van der Waals surface area (Å²) < 4.78 is 18.0. The van der Waals surface area contributed by atoms with Crippen molar-refractivity contribution in [3.05, 3.63) is 173 Å². The molecule has 0 aliphatic carbocycles. The maximum atomic E-state index is 14.7. The fraction of sp³-hybridized carbons (Fsp3) is 0.209. The number of aliphatic hydroxyl groups excluding tert-OH is 1. The van der Waals surface area contributed by atoms with Crippen molar-refractivity contribution < 1.29 is 24.1 Å². The van der Waals surface area contributed by atoms with Crippen molar-refractivity contribution in [2.45, 2.75) is 30.4 Å². The maximum absolute atomic E-state index is 14.7. The molecule has 5 aromatic rings. The number of carbonyl (C=O) groups is 1. The Kier molecular flexibility index (Phi) is 11.9. The fourth-order valence-electron chi connectivity index (χ4n) is 6.20. The molecule has 2 atom stereocenters. The van der Waals surface area contributed by atoms with Gasteiger partial charge in [-0.2, -0.15) is 0 Å².